The van der Waals surface area contributed by atoms with Gasteiger partial charge in [-0.2, -0.15) is 0 Å². The van der Waals surface area contributed by atoms with Crippen molar-refractivity contribution in [1.82, 2.24) is 21.3 Å². The first-order valence-electron chi connectivity index (χ1n) is 36.3. The Morgan fingerprint density at radius 3 is 1.12 bits per heavy atom. The van der Waals surface area contributed by atoms with Crippen molar-refractivity contribution in [2.45, 2.75) is 296 Å². The smallest absolute Gasteiger partial charge is 0.547 e. The van der Waals surface area contributed by atoms with E-state index >= 15 is 0 Å². The topological polar surface area (TPSA) is 629 Å². The van der Waals surface area contributed by atoms with Crippen LogP contribution in [-0.4, -0.2) is 350 Å². The number of hydrogen-bond acceptors (Lipinski definition) is 37. The summed E-state index contributed by atoms with van der Waals surface area (Å²) in [5.41, 5.74) is 6.00. The van der Waals surface area contributed by atoms with Crippen LogP contribution in [0.1, 0.15) is 87.3 Å². The van der Waals surface area contributed by atoms with Gasteiger partial charge in [0.1, 0.15) is 151 Å². The van der Waals surface area contributed by atoms with Crippen molar-refractivity contribution < 1.29 is 235 Å². The van der Waals surface area contributed by atoms with Gasteiger partial charge in [-0.3, -0.25) is 24.0 Å². The number of amides is 4. The van der Waals surface area contributed by atoms with Gasteiger partial charge in [0.15, 0.2) is 31.3 Å². The molecular formula is C72H110ClN5Na2O36. The van der Waals surface area contributed by atoms with Gasteiger partial charge in [-0.05, 0) is 72.9 Å². The number of carbonyl (C=O) groups excluding carboxylic acids is 8. The molecule has 0 aromatic heterocycles. The zero-order chi connectivity index (χ0) is 84.6. The van der Waals surface area contributed by atoms with Crippen molar-refractivity contribution in [2.24, 2.45) is 5.73 Å². The van der Waals surface area contributed by atoms with Gasteiger partial charge in [0.2, 0.25) is 17.7 Å². The number of aliphatic hydroxyl groups is 12. The first-order valence-corrected chi connectivity index (χ1v) is 36.3. The fourth-order valence-corrected chi connectivity index (χ4v) is 13.2. The van der Waals surface area contributed by atoms with Crippen molar-refractivity contribution in [3.05, 3.63) is 71.8 Å². The van der Waals surface area contributed by atoms with Crippen molar-refractivity contribution >= 4 is 59.9 Å². The molecular weight excluding hydrogens is 1590 g/mol. The van der Waals surface area contributed by atoms with Gasteiger partial charge < -0.3 is 174 Å². The number of carboxylic acids is 2. The van der Waals surface area contributed by atoms with E-state index in [1.807, 2.05) is 51.1 Å². The van der Waals surface area contributed by atoms with Crippen LogP contribution in [0.4, 0.5) is 0 Å². The molecule has 4 amide bonds. The van der Waals surface area contributed by atoms with Gasteiger partial charge in [0.05, 0.1) is 56.1 Å². The minimum atomic E-state index is -2.37. The molecule has 18 N–H and O–H groups in total. The second kappa shape index (κ2) is 47.8. The maximum Gasteiger partial charge on any atom is 1.00 e. The third-order valence-corrected chi connectivity index (χ3v) is 18.6. The average Bonchev–Trinajstić information content (AvgIpc) is 0.767. The molecule has 6 saturated heterocycles. The maximum absolute atomic E-state index is 14.1. The van der Waals surface area contributed by atoms with Gasteiger partial charge >= 0.3 is 71.1 Å². The molecule has 6 fully saturated rings. The van der Waals surface area contributed by atoms with Gasteiger partial charge in [0, 0.05) is 41.4 Å². The predicted molar refractivity (Wildman–Crippen MR) is 382 cm³/mol. The van der Waals surface area contributed by atoms with Crippen LogP contribution in [0.25, 0.3) is 0 Å². The summed E-state index contributed by atoms with van der Waals surface area (Å²) in [5.74, 6) is -7.91. The number of nitrogens with two attached hydrogens (primary N) is 1. The average molecular weight is 1700 g/mol. The van der Waals surface area contributed by atoms with Gasteiger partial charge in [-0.25, -0.2) is 4.79 Å². The fourth-order valence-electron chi connectivity index (χ4n) is 13.2. The molecule has 32 unspecified atom stereocenters. The number of esters is 2. The molecule has 44 heteroatoms. The van der Waals surface area contributed by atoms with Crippen LogP contribution in [0.2, 0.25) is 0 Å². The largest absolute Gasteiger partial charge is 1.00 e. The molecule has 8 rings (SSSR count). The standard InChI is InChI=1S/C43H65N3O23.C16H27NO11.C13H19NO2.ClH.2Na/c1-16-23(44-17(2)49)31(25(51)21(14-47)62-16)64-42-30(56)28(54)34(36(68-42)38(58)59)66-40-24(45-18(3)50)32(26(52)22(15-48)63-40)65-41-29(55)27(53)33(61-7)35(67-41)37(57)46-20(39(60)69-43(4,5)6)13-19-11-9-8-10-12-19;1-5-8(17-6(2)19)12(9(20)7(4-18)26-5)27-16-11(22)10(21)13(25-3)14(28-16)15(23)24;1-13(2,3)16-12(15)11(14)9-10-7-5-4-6-8-10;;;/h8-12,16,20-36,40-42,47-48,51-56H,13-15H2,1-7H3,(H,44,49)(H,45,50)(H,46,57)(H,58,59);5,7-14,16,18,20-22H,4H2,1-3H3,(H,17,19)(H,23,24);4-8,11H,9,14H2,1-3H3;1H;;/q;;;;2*+1/p-2. The molecule has 6 heterocycles. The molecule has 2 aromatic rings. The minimum Gasteiger partial charge on any atom is -0.547 e. The van der Waals surface area contributed by atoms with Crippen molar-refractivity contribution in [2.75, 3.05) is 34.0 Å². The number of hydrogen-bond donors (Lipinski definition) is 17. The van der Waals surface area contributed by atoms with Crippen LogP contribution in [0.15, 0.2) is 60.7 Å². The third kappa shape index (κ3) is 28.8. The summed E-state index contributed by atoms with van der Waals surface area (Å²) in [6.07, 6.45) is -46.2. The van der Waals surface area contributed by atoms with Gasteiger partial charge in [-0.15, -0.1) is 12.4 Å². The first-order chi connectivity index (χ1) is 52.9. The van der Waals surface area contributed by atoms with E-state index < -0.39 is 268 Å². The van der Waals surface area contributed by atoms with E-state index in [4.69, 9.17) is 72.0 Å². The van der Waals surface area contributed by atoms with E-state index in [2.05, 4.69) is 21.3 Å². The zero-order valence-corrected chi connectivity index (χ0v) is 71.8. The van der Waals surface area contributed by atoms with E-state index in [0.29, 0.717) is 12.0 Å². The van der Waals surface area contributed by atoms with Crippen molar-refractivity contribution in [3.8, 4) is 0 Å². The normalized spacial score (nSPS) is 35.6. The van der Waals surface area contributed by atoms with E-state index in [0.717, 1.165) is 33.6 Å². The second-order valence-electron chi connectivity index (χ2n) is 29.8. The Morgan fingerprint density at radius 2 is 0.759 bits per heavy atom. The number of ether oxygens (including phenoxy) is 14. The number of carbonyl (C=O) groups is 8. The molecule has 2 aromatic carbocycles. The van der Waals surface area contributed by atoms with Crippen LogP contribution >= 0.6 is 12.4 Å². The molecule has 32 atom stereocenters. The van der Waals surface area contributed by atoms with Crippen LogP contribution in [0, 0.1) is 0 Å². The Hall–Kier alpha value is -4.51. The van der Waals surface area contributed by atoms with E-state index in [1.165, 1.54) is 13.8 Å². The Labute approximate surface area is 719 Å². The number of aliphatic hydroxyl groups excluding tert-OH is 12. The molecule has 0 bridgehead atoms. The van der Waals surface area contributed by atoms with Crippen LogP contribution in [-0.2, 0) is 118 Å². The minimum absolute atomic E-state index is 0. The molecule has 0 spiro atoms. The molecule has 0 saturated carbocycles. The van der Waals surface area contributed by atoms with E-state index in [1.54, 1.807) is 58.0 Å². The van der Waals surface area contributed by atoms with Crippen LogP contribution < -0.4 is 96.3 Å². The molecule has 0 radical (unpaired) electrons. The van der Waals surface area contributed by atoms with Gasteiger partial charge in [0.25, 0.3) is 5.91 Å². The summed E-state index contributed by atoms with van der Waals surface area (Å²) >= 11 is 0. The van der Waals surface area contributed by atoms with Crippen molar-refractivity contribution in [3.63, 3.8) is 0 Å². The second-order valence-corrected chi connectivity index (χ2v) is 29.8. The number of carboxylic acid groups (broad SMARTS) is 2. The van der Waals surface area contributed by atoms with E-state index in [-0.39, 0.29) is 83.9 Å². The number of methoxy groups -OCH3 is 2. The number of aliphatic carboxylic acids is 2. The molecule has 0 aliphatic carbocycles. The van der Waals surface area contributed by atoms with Gasteiger partial charge in [-0.1, -0.05) is 60.7 Å². The summed E-state index contributed by atoms with van der Waals surface area (Å²) < 4.78 is 77.6. The molecule has 41 nitrogen and oxygen atoms in total. The Morgan fingerprint density at radius 1 is 0.440 bits per heavy atom. The molecule has 6 aliphatic rings. The fraction of sp³-hybridized carbons (Fsp3) is 0.722. The SMILES string of the molecule is CC(C)(C)OC(=O)C(N)Cc1ccccc1.COC1C(C(=O)NC(Cc2ccccc2)C(=O)OC(C)(C)C)OC(OC2C(O)C(CO)OC(OC3C(C(=O)[O-])OC(OC4C(O)C(CO)OC(C)C4NC(C)=O)C(O)C3O)C2NC(C)=O)C(O)C1O.COC1C(C(=O)[O-])OC(OC2C(O)C(CO)OC(C)C2NC(C)=O)C(O)C1O.Cl.[Na+].[Na+]. The van der Waals surface area contributed by atoms with Crippen molar-refractivity contribution in [1.29, 1.82) is 0 Å². The first kappa shape index (κ1) is 106. The van der Waals surface area contributed by atoms with Crippen LogP contribution in [0.5, 0.6) is 0 Å². The number of halogens is 1. The monoisotopic (exact) mass is 1700 g/mol. The Bertz CT molecular complexity index is 3400. The number of nitrogens with one attached hydrogen (secondary N) is 4. The predicted octanol–water partition coefficient (Wildman–Crippen LogP) is -15.3. The summed E-state index contributed by atoms with van der Waals surface area (Å²) in [7, 11) is 2.23. The zero-order valence-electron chi connectivity index (χ0n) is 66.9. The van der Waals surface area contributed by atoms with Crippen LogP contribution in [0.3, 0.4) is 0 Å². The summed E-state index contributed by atoms with van der Waals surface area (Å²) in [6, 6.07) is 12.5. The van der Waals surface area contributed by atoms with E-state index in [9.17, 15) is 110 Å². The Balaban J connectivity index is 0.000000603. The summed E-state index contributed by atoms with van der Waals surface area (Å²) in [5, 5.41) is 162. The number of benzene rings is 2. The summed E-state index contributed by atoms with van der Waals surface area (Å²) in [4.78, 5) is 99.4. The number of rotatable bonds is 26. The molecule has 6 aliphatic heterocycles. The quantitative estimate of drug-likeness (QED) is 0.0307. The maximum atomic E-state index is 14.1. The summed E-state index contributed by atoms with van der Waals surface area (Å²) in [6.45, 7) is 14.5. The third-order valence-electron chi connectivity index (χ3n) is 18.6. The molecule has 648 valence electrons. The molecule has 116 heavy (non-hydrogen) atoms. The Kier molecular flexibility index (Phi) is 43.5.